The van der Waals surface area contributed by atoms with Crippen LogP contribution in [0.4, 0.5) is 0 Å². The molecule has 2 N–H and O–H groups in total. The van der Waals surface area contributed by atoms with Gasteiger partial charge in [-0.3, -0.25) is 9.59 Å². The topological polar surface area (TPSA) is 69.6 Å². The highest BCUT2D eigenvalue weighted by molar-refractivity contribution is 6.37. The molecule has 1 atom stereocenters. The van der Waals surface area contributed by atoms with Crippen molar-refractivity contribution in [1.29, 1.82) is 0 Å². The third-order valence-electron chi connectivity index (χ3n) is 3.74. The quantitative estimate of drug-likeness (QED) is 0.893. The Balaban J connectivity index is 1.71. The van der Waals surface area contributed by atoms with E-state index < -0.39 is 5.91 Å². The molecule has 0 bridgehead atoms. The second kappa shape index (κ2) is 5.39. The molecule has 1 heterocycles. The summed E-state index contributed by atoms with van der Waals surface area (Å²) in [6.45, 7) is 0.515. The van der Waals surface area contributed by atoms with E-state index in [1.807, 2.05) is 4.90 Å². The van der Waals surface area contributed by atoms with Crippen LogP contribution in [-0.2, 0) is 4.79 Å². The van der Waals surface area contributed by atoms with Crippen LogP contribution in [0.25, 0.3) is 0 Å². The number of nitrogens with zero attached hydrogens (tertiary/aromatic N) is 1. The number of phenolic OH excluding ortho intramolecular Hbond substituents is 1. The first-order valence-electron chi connectivity index (χ1n) is 6.74. The lowest BCUT2D eigenvalue weighted by atomic mass is 10.1. The number of hydrogen-bond donors (Lipinski definition) is 2. The molecular formula is C14H14Cl2N2O3. The lowest BCUT2D eigenvalue weighted by molar-refractivity contribution is -0.128. The highest BCUT2D eigenvalue weighted by Crippen LogP contribution is 2.32. The van der Waals surface area contributed by atoms with Crippen molar-refractivity contribution in [3.05, 3.63) is 27.7 Å². The number of amides is 2. The molecule has 1 aliphatic carbocycles. The van der Waals surface area contributed by atoms with Gasteiger partial charge in [-0.05, 0) is 25.0 Å². The zero-order valence-corrected chi connectivity index (χ0v) is 12.6. The Hall–Kier alpha value is -1.46. The molecule has 1 saturated carbocycles. The van der Waals surface area contributed by atoms with Crippen molar-refractivity contribution in [2.75, 3.05) is 6.54 Å². The molecule has 5 nitrogen and oxygen atoms in total. The normalized spacial score (nSPS) is 21.7. The van der Waals surface area contributed by atoms with Gasteiger partial charge in [-0.25, -0.2) is 0 Å². The van der Waals surface area contributed by atoms with E-state index in [-0.39, 0.29) is 39.7 Å². The molecule has 2 aliphatic rings. The van der Waals surface area contributed by atoms with Crippen LogP contribution < -0.4 is 5.32 Å². The summed E-state index contributed by atoms with van der Waals surface area (Å²) in [4.78, 5) is 25.9. The molecular weight excluding hydrogens is 315 g/mol. The lowest BCUT2D eigenvalue weighted by Gasteiger charge is -2.16. The predicted octanol–water partition coefficient (Wildman–Crippen LogP) is 2.19. The fourth-order valence-corrected chi connectivity index (χ4v) is 3.18. The number of rotatable bonds is 3. The number of carbonyl (C=O) groups excluding carboxylic acids is 2. The Morgan fingerprint density at radius 3 is 2.67 bits per heavy atom. The van der Waals surface area contributed by atoms with Crippen LogP contribution in [0.1, 0.15) is 29.6 Å². The Morgan fingerprint density at radius 2 is 2.05 bits per heavy atom. The van der Waals surface area contributed by atoms with Gasteiger partial charge in [-0.2, -0.15) is 0 Å². The fraction of sp³-hybridized carbons (Fsp3) is 0.429. The maximum absolute atomic E-state index is 12.2. The van der Waals surface area contributed by atoms with Gasteiger partial charge in [-0.1, -0.05) is 23.2 Å². The molecule has 112 valence electrons. The van der Waals surface area contributed by atoms with E-state index in [1.165, 1.54) is 12.1 Å². The average Bonchev–Trinajstić information content (AvgIpc) is 3.13. The van der Waals surface area contributed by atoms with Crippen molar-refractivity contribution < 1.29 is 14.7 Å². The summed E-state index contributed by atoms with van der Waals surface area (Å²) in [7, 11) is 0. The fourth-order valence-electron chi connectivity index (χ4n) is 2.61. The molecule has 21 heavy (non-hydrogen) atoms. The molecule has 1 aromatic carbocycles. The van der Waals surface area contributed by atoms with Gasteiger partial charge in [-0.15, -0.1) is 0 Å². The summed E-state index contributed by atoms with van der Waals surface area (Å²) in [5.41, 5.74) is -0.0154. The van der Waals surface area contributed by atoms with Crippen molar-refractivity contribution in [3.8, 4) is 5.75 Å². The van der Waals surface area contributed by atoms with Crippen LogP contribution in [0.2, 0.25) is 10.0 Å². The summed E-state index contributed by atoms with van der Waals surface area (Å²) < 4.78 is 0. The molecule has 0 radical (unpaired) electrons. The van der Waals surface area contributed by atoms with Gasteiger partial charge in [0.1, 0.15) is 5.75 Å². The second-order valence-electron chi connectivity index (χ2n) is 5.43. The minimum atomic E-state index is -0.496. The number of likely N-dealkylation sites (tertiary alicyclic amines) is 1. The van der Waals surface area contributed by atoms with Gasteiger partial charge in [0.15, 0.2) is 0 Å². The SMILES string of the molecule is O=C(NC1CC(=O)N(C2CC2)C1)c1c(O)cc(Cl)cc1Cl. The van der Waals surface area contributed by atoms with Gasteiger partial charge in [0, 0.05) is 24.0 Å². The first kappa shape index (κ1) is 14.5. The summed E-state index contributed by atoms with van der Waals surface area (Å²) in [6, 6.07) is 2.75. The third-order valence-corrected chi connectivity index (χ3v) is 4.26. The maximum Gasteiger partial charge on any atom is 0.256 e. The van der Waals surface area contributed by atoms with Crippen molar-refractivity contribution in [3.63, 3.8) is 0 Å². The monoisotopic (exact) mass is 328 g/mol. The Kier molecular flexibility index (Phi) is 3.71. The second-order valence-corrected chi connectivity index (χ2v) is 6.28. The van der Waals surface area contributed by atoms with Crippen molar-refractivity contribution in [2.24, 2.45) is 0 Å². The van der Waals surface area contributed by atoms with Crippen molar-refractivity contribution >= 4 is 35.0 Å². The predicted molar refractivity (Wildman–Crippen MR) is 78.7 cm³/mol. The number of aromatic hydroxyl groups is 1. The summed E-state index contributed by atoms with van der Waals surface area (Å²) >= 11 is 11.7. The van der Waals surface area contributed by atoms with Crippen LogP contribution >= 0.6 is 23.2 Å². The molecule has 7 heteroatoms. The number of benzene rings is 1. The number of hydrogen-bond acceptors (Lipinski definition) is 3. The summed E-state index contributed by atoms with van der Waals surface area (Å²) in [6.07, 6.45) is 2.36. The van der Waals surface area contributed by atoms with E-state index in [0.29, 0.717) is 12.6 Å². The minimum Gasteiger partial charge on any atom is -0.507 e. The van der Waals surface area contributed by atoms with E-state index in [2.05, 4.69) is 5.32 Å². The third kappa shape index (κ3) is 2.94. The number of phenols is 1. The molecule has 0 aromatic heterocycles. The standard InChI is InChI=1S/C14H14Cl2N2O3/c15-7-3-10(16)13(11(19)4-7)14(21)17-8-5-12(20)18(6-8)9-1-2-9/h3-4,8-9,19H,1-2,5-6H2,(H,17,21). The van der Waals surface area contributed by atoms with E-state index >= 15 is 0 Å². The van der Waals surface area contributed by atoms with Crippen molar-refractivity contribution in [1.82, 2.24) is 10.2 Å². The van der Waals surface area contributed by atoms with E-state index in [1.54, 1.807) is 0 Å². The summed E-state index contributed by atoms with van der Waals surface area (Å²) in [5.74, 6) is -0.702. The maximum atomic E-state index is 12.2. The highest BCUT2D eigenvalue weighted by Gasteiger charge is 2.40. The first-order valence-corrected chi connectivity index (χ1v) is 7.49. The highest BCUT2D eigenvalue weighted by atomic mass is 35.5. The average molecular weight is 329 g/mol. The van der Waals surface area contributed by atoms with Gasteiger partial charge in [0.05, 0.1) is 16.6 Å². The first-order chi connectivity index (χ1) is 9.95. The number of carbonyl (C=O) groups is 2. The molecule has 0 spiro atoms. The van der Waals surface area contributed by atoms with E-state index in [4.69, 9.17) is 23.2 Å². The van der Waals surface area contributed by atoms with E-state index in [0.717, 1.165) is 12.8 Å². The minimum absolute atomic E-state index is 0.0154. The zero-order valence-electron chi connectivity index (χ0n) is 11.1. The molecule has 1 aromatic rings. The largest absolute Gasteiger partial charge is 0.507 e. The Bertz CT molecular complexity index is 593. The van der Waals surface area contributed by atoms with Crippen LogP contribution in [0.3, 0.4) is 0 Å². The lowest BCUT2D eigenvalue weighted by Crippen LogP contribution is -2.37. The number of nitrogens with one attached hydrogen (secondary N) is 1. The van der Waals surface area contributed by atoms with Crippen LogP contribution in [-0.4, -0.2) is 40.4 Å². The zero-order chi connectivity index (χ0) is 15.1. The van der Waals surface area contributed by atoms with Crippen molar-refractivity contribution in [2.45, 2.75) is 31.3 Å². The molecule has 1 unspecified atom stereocenters. The summed E-state index contributed by atoms with van der Waals surface area (Å²) in [5, 5.41) is 12.9. The molecule has 2 fully saturated rings. The van der Waals surface area contributed by atoms with E-state index in [9.17, 15) is 14.7 Å². The molecule has 1 saturated heterocycles. The van der Waals surface area contributed by atoms with Gasteiger partial charge >= 0.3 is 0 Å². The van der Waals surface area contributed by atoms with Crippen LogP contribution in [0.15, 0.2) is 12.1 Å². The molecule has 1 aliphatic heterocycles. The van der Waals surface area contributed by atoms with Gasteiger partial charge < -0.3 is 15.3 Å². The van der Waals surface area contributed by atoms with Crippen LogP contribution in [0, 0.1) is 0 Å². The molecule has 3 rings (SSSR count). The van der Waals surface area contributed by atoms with Crippen LogP contribution in [0.5, 0.6) is 5.75 Å². The molecule has 2 amide bonds. The smallest absolute Gasteiger partial charge is 0.256 e. The van der Waals surface area contributed by atoms with Gasteiger partial charge in [0.25, 0.3) is 5.91 Å². The Labute approximate surface area is 131 Å². The number of halogens is 2. The Morgan fingerprint density at radius 1 is 1.33 bits per heavy atom. The van der Waals surface area contributed by atoms with Gasteiger partial charge in [0.2, 0.25) is 5.91 Å².